The minimum Gasteiger partial charge on any atom is -0.497 e. The Morgan fingerprint density at radius 2 is 1.79 bits per heavy atom. The highest BCUT2D eigenvalue weighted by Gasteiger charge is 1.95. The second-order valence-electron chi connectivity index (χ2n) is 4.45. The van der Waals surface area contributed by atoms with E-state index in [-0.39, 0.29) is 0 Å². The number of benzene rings is 2. The molecule has 2 aromatic carbocycles. The number of hydrogen-bond acceptors (Lipinski definition) is 3. The molecule has 0 heterocycles. The second kappa shape index (κ2) is 6.05. The standard InChI is InChI=1S/C16H18N2O/c1-18(2)15-9-7-14(8-10-15)17-12-13-5-4-6-16(11-13)19-3/h4-12H,1-3H3. The van der Waals surface area contributed by atoms with Gasteiger partial charge < -0.3 is 9.64 Å². The van der Waals surface area contributed by atoms with E-state index < -0.39 is 0 Å². The van der Waals surface area contributed by atoms with E-state index in [1.54, 1.807) is 7.11 Å². The molecule has 0 aliphatic carbocycles. The van der Waals surface area contributed by atoms with E-state index in [0.29, 0.717) is 0 Å². The monoisotopic (exact) mass is 254 g/mol. The number of anilines is 1. The topological polar surface area (TPSA) is 24.8 Å². The summed E-state index contributed by atoms with van der Waals surface area (Å²) >= 11 is 0. The van der Waals surface area contributed by atoms with Gasteiger partial charge in [0.25, 0.3) is 0 Å². The van der Waals surface area contributed by atoms with Crippen molar-refractivity contribution in [2.45, 2.75) is 0 Å². The maximum absolute atomic E-state index is 5.18. The van der Waals surface area contributed by atoms with E-state index in [4.69, 9.17) is 4.74 Å². The summed E-state index contributed by atoms with van der Waals surface area (Å²) in [6.45, 7) is 0. The minimum absolute atomic E-state index is 0.840. The highest BCUT2D eigenvalue weighted by Crippen LogP contribution is 2.18. The summed E-state index contributed by atoms with van der Waals surface area (Å²) in [5.41, 5.74) is 3.13. The van der Waals surface area contributed by atoms with E-state index in [0.717, 1.165) is 17.0 Å². The van der Waals surface area contributed by atoms with Crippen LogP contribution in [0, 0.1) is 0 Å². The normalized spacial score (nSPS) is 10.7. The van der Waals surface area contributed by atoms with Crippen molar-refractivity contribution in [1.29, 1.82) is 0 Å². The molecule has 0 bridgehead atoms. The Hall–Kier alpha value is -2.29. The third-order valence-electron chi connectivity index (χ3n) is 2.82. The first kappa shape index (κ1) is 13.1. The number of methoxy groups -OCH3 is 1. The summed E-state index contributed by atoms with van der Waals surface area (Å²) in [4.78, 5) is 6.52. The molecule has 0 spiro atoms. The van der Waals surface area contributed by atoms with Crippen LogP contribution in [0.4, 0.5) is 11.4 Å². The van der Waals surface area contributed by atoms with Gasteiger partial charge in [0.15, 0.2) is 0 Å². The van der Waals surface area contributed by atoms with Crippen LogP contribution in [0.25, 0.3) is 0 Å². The molecule has 98 valence electrons. The summed E-state index contributed by atoms with van der Waals surface area (Å²) in [6.07, 6.45) is 1.84. The average Bonchev–Trinajstić information content (AvgIpc) is 2.46. The lowest BCUT2D eigenvalue weighted by molar-refractivity contribution is 0.415. The lowest BCUT2D eigenvalue weighted by atomic mass is 10.2. The zero-order valence-corrected chi connectivity index (χ0v) is 11.5. The van der Waals surface area contributed by atoms with Crippen LogP contribution in [-0.4, -0.2) is 27.4 Å². The summed E-state index contributed by atoms with van der Waals surface area (Å²) in [6, 6.07) is 15.9. The van der Waals surface area contributed by atoms with E-state index >= 15 is 0 Å². The third kappa shape index (κ3) is 3.58. The molecule has 0 amide bonds. The SMILES string of the molecule is COc1cccc(C=Nc2ccc(N(C)C)cc2)c1. The van der Waals surface area contributed by atoms with Crippen LogP contribution < -0.4 is 9.64 Å². The van der Waals surface area contributed by atoms with Gasteiger partial charge in [0.2, 0.25) is 0 Å². The molecule has 0 saturated heterocycles. The molecule has 2 aromatic rings. The fourth-order valence-corrected chi connectivity index (χ4v) is 1.71. The highest BCUT2D eigenvalue weighted by atomic mass is 16.5. The first-order valence-electron chi connectivity index (χ1n) is 6.14. The summed E-state index contributed by atoms with van der Waals surface area (Å²) in [7, 11) is 5.71. The molecule has 0 aromatic heterocycles. The van der Waals surface area contributed by atoms with Crippen LogP contribution in [0.5, 0.6) is 5.75 Å². The van der Waals surface area contributed by atoms with Gasteiger partial charge in [-0.25, -0.2) is 0 Å². The van der Waals surface area contributed by atoms with Gasteiger partial charge in [-0.05, 0) is 42.0 Å². The van der Waals surface area contributed by atoms with Gasteiger partial charge in [-0.1, -0.05) is 12.1 Å². The molecule has 0 aliphatic heterocycles. The average molecular weight is 254 g/mol. The van der Waals surface area contributed by atoms with E-state index in [1.165, 1.54) is 5.69 Å². The predicted octanol–water partition coefficient (Wildman–Crippen LogP) is 3.51. The van der Waals surface area contributed by atoms with Gasteiger partial charge in [0, 0.05) is 26.0 Å². The molecule has 3 heteroatoms. The smallest absolute Gasteiger partial charge is 0.119 e. The van der Waals surface area contributed by atoms with Crippen molar-refractivity contribution < 1.29 is 4.74 Å². The molecule has 0 atom stereocenters. The molecule has 0 fully saturated rings. The predicted molar refractivity (Wildman–Crippen MR) is 81.0 cm³/mol. The van der Waals surface area contributed by atoms with Crippen molar-refractivity contribution in [2.75, 3.05) is 26.1 Å². The quantitative estimate of drug-likeness (QED) is 0.780. The maximum Gasteiger partial charge on any atom is 0.119 e. The van der Waals surface area contributed by atoms with Crippen LogP contribution in [0.1, 0.15) is 5.56 Å². The van der Waals surface area contributed by atoms with Gasteiger partial charge in [0.1, 0.15) is 5.75 Å². The minimum atomic E-state index is 0.840. The Kier molecular flexibility index (Phi) is 4.18. The van der Waals surface area contributed by atoms with Crippen molar-refractivity contribution >= 4 is 17.6 Å². The van der Waals surface area contributed by atoms with Crippen molar-refractivity contribution in [3.8, 4) is 5.75 Å². The van der Waals surface area contributed by atoms with Gasteiger partial charge >= 0.3 is 0 Å². The molecule has 0 radical (unpaired) electrons. The fourth-order valence-electron chi connectivity index (χ4n) is 1.71. The van der Waals surface area contributed by atoms with E-state index in [9.17, 15) is 0 Å². The number of aliphatic imine (C=N–C) groups is 1. The molecular weight excluding hydrogens is 236 g/mol. The zero-order valence-electron chi connectivity index (χ0n) is 11.5. The van der Waals surface area contributed by atoms with Crippen LogP contribution >= 0.6 is 0 Å². The van der Waals surface area contributed by atoms with Crippen molar-refractivity contribution in [3.05, 3.63) is 54.1 Å². The van der Waals surface area contributed by atoms with Gasteiger partial charge in [0.05, 0.1) is 12.8 Å². The highest BCUT2D eigenvalue weighted by molar-refractivity contribution is 5.82. The third-order valence-corrected chi connectivity index (χ3v) is 2.82. The molecule has 0 saturated carbocycles. The fraction of sp³-hybridized carbons (Fsp3) is 0.188. The van der Waals surface area contributed by atoms with Crippen molar-refractivity contribution in [2.24, 2.45) is 4.99 Å². The Morgan fingerprint density at radius 3 is 2.42 bits per heavy atom. The van der Waals surface area contributed by atoms with Crippen LogP contribution in [-0.2, 0) is 0 Å². The Labute approximate surface area is 114 Å². The van der Waals surface area contributed by atoms with E-state index in [1.807, 2.05) is 56.7 Å². The summed E-state index contributed by atoms with van der Waals surface area (Å²) in [5, 5.41) is 0. The second-order valence-corrected chi connectivity index (χ2v) is 4.45. The van der Waals surface area contributed by atoms with Gasteiger partial charge in [-0.2, -0.15) is 0 Å². The van der Waals surface area contributed by atoms with Gasteiger partial charge in [-0.3, -0.25) is 4.99 Å². The lowest BCUT2D eigenvalue weighted by Crippen LogP contribution is -2.07. The largest absolute Gasteiger partial charge is 0.497 e. The summed E-state index contributed by atoms with van der Waals surface area (Å²) in [5.74, 6) is 0.840. The molecule has 2 rings (SSSR count). The van der Waals surface area contributed by atoms with E-state index in [2.05, 4.69) is 22.0 Å². The van der Waals surface area contributed by atoms with Crippen LogP contribution in [0.3, 0.4) is 0 Å². The molecule has 0 N–H and O–H groups in total. The first-order valence-corrected chi connectivity index (χ1v) is 6.14. The Bertz CT molecular complexity index is 559. The number of hydrogen-bond donors (Lipinski definition) is 0. The molecule has 19 heavy (non-hydrogen) atoms. The molecule has 0 unspecified atom stereocenters. The van der Waals surface area contributed by atoms with Crippen LogP contribution in [0.2, 0.25) is 0 Å². The van der Waals surface area contributed by atoms with Crippen molar-refractivity contribution in [3.63, 3.8) is 0 Å². The number of nitrogens with zero attached hydrogens (tertiary/aromatic N) is 2. The van der Waals surface area contributed by atoms with Gasteiger partial charge in [-0.15, -0.1) is 0 Å². The van der Waals surface area contributed by atoms with Crippen LogP contribution in [0.15, 0.2) is 53.5 Å². The number of rotatable bonds is 4. The first-order chi connectivity index (χ1) is 9.19. The molecule has 0 aliphatic rings. The number of ether oxygens (including phenoxy) is 1. The summed E-state index contributed by atoms with van der Waals surface area (Å²) < 4.78 is 5.18. The molecule has 3 nitrogen and oxygen atoms in total. The Morgan fingerprint density at radius 1 is 1.05 bits per heavy atom. The molecular formula is C16H18N2O. The lowest BCUT2D eigenvalue weighted by Gasteiger charge is -2.11. The van der Waals surface area contributed by atoms with Crippen molar-refractivity contribution in [1.82, 2.24) is 0 Å². The Balaban J connectivity index is 2.13. The maximum atomic E-state index is 5.18. The zero-order chi connectivity index (χ0) is 13.7.